The van der Waals surface area contributed by atoms with E-state index >= 15 is 0 Å². The quantitative estimate of drug-likeness (QED) is 0.892. The average molecular weight is 357 g/mol. The number of carbonyl (C=O) groups is 1. The summed E-state index contributed by atoms with van der Waals surface area (Å²) in [6, 6.07) is 8.22. The number of H-pyrrole nitrogens is 1. The monoisotopic (exact) mass is 357 g/mol. The summed E-state index contributed by atoms with van der Waals surface area (Å²) in [5.41, 5.74) is 1.12. The zero-order valence-electron chi connectivity index (χ0n) is 15.2. The molecule has 1 amide bonds. The number of hydrogen-bond acceptors (Lipinski definition) is 4. The van der Waals surface area contributed by atoms with Gasteiger partial charge in [-0.1, -0.05) is 6.07 Å². The Bertz CT molecular complexity index is 737. The maximum absolute atomic E-state index is 12.0. The van der Waals surface area contributed by atoms with Gasteiger partial charge in [0.1, 0.15) is 18.5 Å². The van der Waals surface area contributed by atoms with E-state index in [4.69, 9.17) is 9.47 Å². The Hall–Kier alpha value is -2.05. The fraction of sp³-hybridized carbons (Fsp3) is 0.550. The van der Waals surface area contributed by atoms with Gasteiger partial charge in [-0.15, -0.1) is 0 Å². The van der Waals surface area contributed by atoms with Crippen LogP contribution in [0.2, 0.25) is 0 Å². The normalized spacial score (nSPS) is 20.5. The van der Waals surface area contributed by atoms with Crippen molar-refractivity contribution in [1.82, 2.24) is 14.8 Å². The fourth-order valence-electron chi connectivity index (χ4n) is 3.82. The van der Waals surface area contributed by atoms with E-state index < -0.39 is 0 Å². The van der Waals surface area contributed by atoms with Crippen LogP contribution in [0.1, 0.15) is 19.3 Å². The lowest BCUT2D eigenvalue weighted by atomic mass is 10.1. The van der Waals surface area contributed by atoms with Crippen LogP contribution in [-0.4, -0.2) is 72.7 Å². The number of benzene rings is 1. The Balaban J connectivity index is 1.25. The van der Waals surface area contributed by atoms with Crippen LogP contribution < -0.4 is 4.74 Å². The lowest BCUT2D eigenvalue weighted by Crippen LogP contribution is -2.44. The van der Waals surface area contributed by atoms with Crippen LogP contribution in [0.25, 0.3) is 10.9 Å². The van der Waals surface area contributed by atoms with Crippen molar-refractivity contribution in [2.75, 3.05) is 45.9 Å². The highest BCUT2D eigenvalue weighted by Gasteiger charge is 2.23. The molecule has 6 nitrogen and oxygen atoms in total. The third-order valence-electron chi connectivity index (χ3n) is 5.36. The van der Waals surface area contributed by atoms with Crippen molar-refractivity contribution >= 4 is 16.8 Å². The smallest absolute Gasteiger partial charge is 0.248 e. The van der Waals surface area contributed by atoms with Crippen molar-refractivity contribution in [1.29, 1.82) is 0 Å². The largest absolute Gasteiger partial charge is 0.490 e. The van der Waals surface area contributed by atoms with Crippen molar-refractivity contribution in [2.24, 2.45) is 0 Å². The van der Waals surface area contributed by atoms with Gasteiger partial charge in [-0.25, -0.2) is 0 Å². The maximum Gasteiger partial charge on any atom is 0.248 e. The van der Waals surface area contributed by atoms with E-state index in [2.05, 4.69) is 28.1 Å². The second-order valence-corrected chi connectivity index (χ2v) is 7.14. The number of nitrogens with one attached hydrogen (secondary N) is 1. The predicted molar refractivity (Wildman–Crippen MR) is 100 cm³/mol. The first-order valence-electron chi connectivity index (χ1n) is 9.60. The third-order valence-corrected chi connectivity index (χ3v) is 5.36. The van der Waals surface area contributed by atoms with Crippen molar-refractivity contribution < 1.29 is 14.3 Å². The summed E-state index contributed by atoms with van der Waals surface area (Å²) in [4.78, 5) is 19.6. The van der Waals surface area contributed by atoms with Gasteiger partial charge >= 0.3 is 0 Å². The third kappa shape index (κ3) is 4.02. The SMILES string of the molecule is O=C1COCCCN1CCN1CCC(Oc2cccc3[nH]ccc23)CC1. The Morgan fingerprint density at radius 1 is 1.15 bits per heavy atom. The van der Waals surface area contributed by atoms with Crippen molar-refractivity contribution in [2.45, 2.75) is 25.4 Å². The van der Waals surface area contributed by atoms with Gasteiger partial charge in [0.15, 0.2) is 0 Å². The highest BCUT2D eigenvalue weighted by molar-refractivity contribution is 5.85. The van der Waals surface area contributed by atoms with E-state index in [0.717, 1.165) is 68.6 Å². The lowest BCUT2D eigenvalue weighted by molar-refractivity contribution is -0.134. The molecule has 1 aromatic heterocycles. The number of carbonyl (C=O) groups excluding carboxylic acids is 1. The second-order valence-electron chi connectivity index (χ2n) is 7.14. The Morgan fingerprint density at radius 2 is 2.04 bits per heavy atom. The van der Waals surface area contributed by atoms with Gasteiger partial charge < -0.3 is 24.3 Å². The second kappa shape index (κ2) is 8.10. The molecule has 2 aliphatic rings. The average Bonchev–Trinajstić information content (AvgIpc) is 3.05. The standard InChI is InChI=1S/C20H27N3O3/c24-20-15-25-14-2-9-23(20)13-12-22-10-6-16(7-11-22)26-19-4-1-3-18-17(19)5-8-21-18/h1,3-5,8,16,21H,2,6-7,9-15H2. The molecule has 2 saturated heterocycles. The molecule has 1 aromatic carbocycles. The van der Waals surface area contributed by atoms with Crippen molar-refractivity contribution in [3.8, 4) is 5.75 Å². The summed E-state index contributed by atoms with van der Waals surface area (Å²) in [6.45, 7) is 5.53. The molecular weight excluding hydrogens is 330 g/mol. The molecule has 2 fully saturated rings. The van der Waals surface area contributed by atoms with Crippen molar-refractivity contribution in [3.63, 3.8) is 0 Å². The van der Waals surface area contributed by atoms with Crippen LogP contribution in [0.3, 0.4) is 0 Å². The first-order valence-corrected chi connectivity index (χ1v) is 9.60. The van der Waals surface area contributed by atoms with Gasteiger partial charge in [-0.2, -0.15) is 0 Å². The minimum atomic E-state index is 0.125. The molecule has 0 spiro atoms. The fourth-order valence-corrected chi connectivity index (χ4v) is 3.82. The molecule has 0 aliphatic carbocycles. The Labute approximate surface area is 154 Å². The highest BCUT2D eigenvalue weighted by atomic mass is 16.5. The zero-order valence-corrected chi connectivity index (χ0v) is 15.2. The van der Waals surface area contributed by atoms with Gasteiger partial charge in [-0.05, 0) is 37.5 Å². The van der Waals surface area contributed by atoms with Gasteiger partial charge in [0.25, 0.3) is 0 Å². The van der Waals surface area contributed by atoms with Crippen molar-refractivity contribution in [3.05, 3.63) is 30.5 Å². The van der Waals surface area contributed by atoms with E-state index in [1.54, 1.807) is 0 Å². The lowest BCUT2D eigenvalue weighted by Gasteiger charge is -2.33. The van der Waals surface area contributed by atoms with E-state index in [-0.39, 0.29) is 18.6 Å². The summed E-state index contributed by atoms with van der Waals surface area (Å²) in [7, 11) is 0. The number of ether oxygens (including phenoxy) is 2. The number of rotatable bonds is 5. The number of nitrogens with zero attached hydrogens (tertiary/aromatic N) is 2. The Morgan fingerprint density at radius 3 is 2.92 bits per heavy atom. The summed E-state index contributed by atoms with van der Waals surface area (Å²) >= 11 is 0. The van der Waals surface area contributed by atoms with Crippen LogP contribution >= 0.6 is 0 Å². The number of likely N-dealkylation sites (tertiary alicyclic amines) is 1. The van der Waals surface area contributed by atoms with Gasteiger partial charge in [-0.3, -0.25) is 4.79 Å². The molecule has 0 saturated carbocycles. The highest BCUT2D eigenvalue weighted by Crippen LogP contribution is 2.27. The first kappa shape index (κ1) is 17.4. The van der Waals surface area contributed by atoms with E-state index in [1.807, 2.05) is 17.2 Å². The van der Waals surface area contributed by atoms with Crippen LogP contribution in [0.4, 0.5) is 0 Å². The number of aromatic amines is 1. The van der Waals surface area contributed by atoms with E-state index in [9.17, 15) is 4.79 Å². The van der Waals surface area contributed by atoms with E-state index in [0.29, 0.717) is 6.61 Å². The first-order chi connectivity index (χ1) is 12.8. The molecule has 1 N–H and O–H groups in total. The molecule has 0 unspecified atom stereocenters. The number of hydrogen-bond donors (Lipinski definition) is 1. The van der Waals surface area contributed by atoms with Gasteiger partial charge in [0, 0.05) is 56.4 Å². The van der Waals surface area contributed by atoms with Gasteiger partial charge in [0.05, 0.1) is 0 Å². The summed E-state index contributed by atoms with van der Waals surface area (Å²) in [5, 5.41) is 1.15. The molecule has 2 aliphatic heterocycles. The summed E-state index contributed by atoms with van der Waals surface area (Å²) < 4.78 is 11.6. The number of piperidine rings is 1. The number of amides is 1. The molecule has 0 bridgehead atoms. The summed E-state index contributed by atoms with van der Waals surface area (Å²) in [5.74, 6) is 1.10. The molecule has 140 valence electrons. The molecule has 2 aromatic rings. The molecule has 6 heteroatoms. The summed E-state index contributed by atoms with van der Waals surface area (Å²) in [6.07, 6.45) is 5.21. The molecular formula is C20H27N3O3. The molecule has 0 radical (unpaired) electrons. The van der Waals surface area contributed by atoms with Gasteiger partial charge in [0.2, 0.25) is 5.91 Å². The molecule has 3 heterocycles. The predicted octanol–water partition coefficient (Wildman–Crippen LogP) is 2.26. The topological polar surface area (TPSA) is 57.8 Å². The van der Waals surface area contributed by atoms with E-state index in [1.165, 1.54) is 0 Å². The van der Waals surface area contributed by atoms with Crippen LogP contribution in [0.5, 0.6) is 5.75 Å². The molecule has 4 rings (SSSR count). The maximum atomic E-state index is 12.0. The molecule has 26 heavy (non-hydrogen) atoms. The Kier molecular flexibility index (Phi) is 5.41. The zero-order chi connectivity index (χ0) is 17.8. The minimum Gasteiger partial charge on any atom is -0.490 e. The number of aromatic nitrogens is 1. The van der Waals surface area contributed by atoms with Crippen LogP contribution in [0, 0.1) is 0 Å². The number of fused-ring (bicyclic) bond motifs is 1. The van der Waals surface area contributed by atoms with Crippen LogP contribution in [0.15, 0.2) is 30.5 Å². The molecule has 0 atom stereocenters. The van der Waals surface area contributed by atoms with Crippen LogP contribution in [-0.2, 0) is 9.53 Å². The minimum absolute atomic E-state index is 0.125.